The van der Waals surface area contributed by atoms with Gasteiger partial charge >= 0.3 is 6.07 Å². The summed E-state index contributed by atoms with van der Waals surface area (Å²) < 4.78 is 0. The molecule has 3 N–H and O–H groups in total. The number of nitrogens with zero attached hydrogens (tertiary/aromatic N) is 3. The standard InChI is InChI=1S/C23H29N4.C7H16N2/c1-3-21-22(18(10-12-25-21)13-16-6-7-16)20-14-26-23(19(20)5-4-11-24)27-15(2)17-8-9-17;1-3-9-6-4-8(2)5-7-9/h4-5,10-11,14,16-17,21-22,24,26-27H,2-3,6-9,13H2,1H3;3-7H2,1-2H3/q+1;/b5-4-,24-11?;. The third-order valence-corrected chi connectivity index (χ3v) is 7.96. The molecular formula is C30H45N6+. The number of anilines is 1. The molecule has 5 rings (SSSR count). The van der Waals surface area contributed by atoms with E-state index < -0.39 is 0 Å². The van der Waals surface area contributed by atoms with Crippen LogP contribution in [0, 0.1) is 23.3 Å². The van der Waals surface area contributed by atoms with Gasteiger partial charge in [0.25, 0.3) is 6.04 Å². The van der Waals surface area contributed by atoms with E-state index >= 15 is 0 Å². The molecule has 2 unspecified atom stereocenters. The van der Waals surface area contributed by atoms with Crippen LogP contribution in [0.2, 0.25) is 0 Å². The second-order valence-corrected chi connectivity index (χ2v) is 10.8. The molecule has 194 valence electrons. The van der Waals surface area contributed by atoms with Crippen molar-refractivity contribution in [2.24, 2.45) is 11.8 Å². The Morgan fingerprint density at radius 3 is 2.58 bits per heavy atom. The summed E-state index contributed by atoms with van der Waals surface area (Å²) in [6.07, 6.45) is 16.7. The second-order valence-electron chi connectivity index (χ2n) is 10.8. The highest BCUT2D eigenvalue weighted by atomic mass is 15.2. The Labute approximate surface area is 217 Å². The Morgan fingerprint density at radius 1 is 1.22 bits per heavy atom. The fraction of sp³-hybridized carbons (Fsp3) is 0.600. The Balaban J connectivity index is 0.000000286. The van der Waals surface area contributed by atoms with Crippen LogP contribution in [-0.2, 0) is 0 Å². The third-order valence-electron chi connectivity index (χ3n) is 7.96. The molecule has 0 bridgehead atoms. The first-order valence-electron chi connectivity index (χ1n) is 13.9. The molecule has 0 aromatic carbocycles. The number of piperazine rings is 1. The van der Waals surface area contributed by atoms with E-state index in [2.05, 4.69) is 70.8 Å². The van der Waals surface area contributed by atoms with Gasteiger partial charge in [-0.05, 0) is 80.8 Å². The van der Waals surface area contributed by atoms with E-state index in [1.807, 2.05) is 6.08 Å². The zero-order chi connectivity index (χ0) is 25.5. The van der Waals surface area contributed by atoms with Crippen molar-refractivity contribution in [2.75, 3.05) is 45.1 Å². The van der Waals surface area contributed by atoms with Crippen molar-refractivity contribution < 1.29 is 0 Å². The average Bonchev–Trinajstić information content (AvgIpc) is 3.83. The number of allylic oxidation sites excluding steroid dienone is 3. The minimum Gasteiger partial charge on any atom is -0.347 e. The maximum absolute atomic E-state index is 7.43. The number of hydrogen-bond acceptors (Lipinski definition) is 4. The van der Waals surface area contributed by atoms with Gasteiger partial charge < -0.3 is 25.5 Å². The minimum atomic E-state index is 0.228. The van der Waals surface area contributed by atoms with E-state index in [1.54, 1.807) is 6.08 Å². The molecule has 0 spiro atoms. The van der Waals surface area contributed by atoms with Gasteiger partial charge in [-0.1, -0.05) is 25.3 Å². The Morgan fingerprint density at radius 2 is 1.97 bits per heavy atom. The van der Waals surface area contributed by atoms with Gasteiger partial charge in [0.1, 0.15) is 5.82 Å². The van der Waals surface area contributed by atoms with Crippen LogP contribution in [0.15, 0.2) is 36.2 Å². The molecule has 0 radical (unpaired) electrons. The Bertz CT molecular complexity index is 1020. The number of hydrogen-bond donors (Lipinski definition) is 3. The van der Waals surface area contributed by atoms with Crippen LogP contribution < -0.4 is 5.32 Å². The molecule has 6 nitrogen and oxygen atoms in total. The molecule has 1 saturated heterocycles. The lowest BCUT2D eigenvalue weighted by Crippen LogP contribution is -2.44. The van der Waals surface area contributed by atoms with Crippen molar-refractivity contribution in [3.63, 3.8) is 0 Å². The zero-order valence-electron chi connectivity index (χ0n) is 22.5. The molecular weight excluding hydrogens is 444 g/mol. The van der Waals surface area contributed by atoms with Gasteiger partial charge in [0.05, 0.1) is 12.0 Å². The summed E-state index contributed by atoms with van der Waals surface area (Å²) >= 11 is 0. The predicted octanol–water partition coefficient (Wildman–Crippen LogP) is 6.20. The molecule has 6 heteroatoms. The van der Waals surface area contributed by atoms with Gasteiger partial charge in [-0.3, -0.25) is 0 Å². The van der Waals surface area contributed by atoms with Crippen LogP contribution in [0.25, 0.3) is 10.9 Å². The van der Waals surface area contributed by atoms with Gasteiger partial charge in [-0.25, -0.2) is 0 Å². The highest BCUT2D eigenvalue weighted by Crippen LogP contribution is 2.45. The summed E-state index contributed by atoms with van der Waals surface area (Å²) in [5.74, 6) is 2.70. The second kappa shape index (κ2) is 12.6. The fourth-order valence-electron chi connectivity index (χ4n) is 5.20. The summed E-state index contributed by atoms with van der Waals surface area (Å²) in [4.78, 5) is 13.0. The molecule has 2 aliphatic carbocycles. The molecule has 3 heterocycles. The number of aromatic nitrogens is 1. The average molecular weight is 490 g/mol. The number of likely N-dealkylation sites (N-methyl/N-ethyl adjacent to an activating group) is 2. The van der Waals surface area contributed by atoms with Crippen molar-refractivity contribution in [2.45, 2.75) is 64.3 Å². The van der Waals surface area contributed by atoms with E-state index in [0.29, 0.717) is 5.92 Å². The van der Waals surface area contributed by atoms with Crippen molar-refractivity contribution in [3.8, 4) is 6.07 Å². The summed E-state index contributed by atoms with van der Waals surface area (Å²) in [7, 11) is 2.19. The monoisotopic (exact) mass is 489 g/mol. The van der Waals surface area contributed by atoms with Crippen molar-refractivity contribution >= 4 is 18.1 Å². The summed E-state index contributed by atoms with van der Waals surface area (Å²) in [6, 6.07) is 3.39. The molecule has 2 atom stereocenters. The molecule has 4 aliphatic rings. The van der Waals surface area contributed by atoms with Crippen molar-refractivity contribution in [1.82, 2.24) is 14.8 Å². The first-order valence-corrected chi connectivity index (χ1v) is 13.9. The summed E-state index contributed by atoms with van der Waals surface area (Å²) in [6.45, 7) is 14.9. The largest absolute Gasteiger partial charge is 0.347 e. The van der Waals surface area contributed by atoms with Crippen LogP contribution in [0.3, 0.4) is 0 Å². The van der Waals surface area contributed by atoms with Gasteiger partial charge in [0.15, 0.2) is 0 Å². The van der Waals surface area contributed by atoms with Gasteiger partial charge in [-0.15, -0.1) is 0 Å². The summed E-state index contributed by atoms with van der Waals surface area (Å²) in [5, 5.41) is 10.9. The molecule has 36 heavy (non-hydrogen) atoms. The Kier molecular flexibility index (Phi) is 9.23. The molecule has 2 aliphatic heterocycles. The van der Waals surface area contributed by atoms with Gasteiger partial charge in [-0.2, -0.15) is 0 Å². The number of nitrogens with one attached hydrogen (secondary N) is 3. The van der Waals surface area contributed by atoms with E-state index in [4.69, 9.17) is 5.41 Å². The quantitative estimate of drug-likeness (QED) is 0.343. The number of H-pyrrole nitrogens is 1. The number of rotatable bonds is 10. The SMILES string of the molecule is C=C(Nc1[nH]cc(C2C(CC3CC3)=CC#[N+]C2CC)c1/C=C\C=N)C1CC1.CCN1CCN(C)CC1. The smallest absolute Gasteiger partial charge is 0.303 e. The first-order chi connectivity index (χ1) is 17.5. The maximum Gasteiger partial charge on any atom is 0.303 e. The van der Waals surface area contributed by atoms with E-state index in [0.717, 1.165) is 35.8 Å². The van der Waals surface area contributed by atoms with Crippen LogP contribution in [0.4, 0.5) is 5.82 Å². The molecule has 2 saturated carbocycles. The molecule has 3 fully saturated rings. The summed E-state index contributed by atoms with van der Waals surface area (Å²) in [5.41, 5.74) is 4.94. The Hall–Kier alpha value is -2.62. The highest BCUT2D eigenvalue weighted by molar-refractivity contribution is 5.80. The lowest BCUT2D eigenvalue weighted by molar-refractivity contribution is 0.160. The lowest BCUT2D eigenvalue weighted by Gasteiger charge is -2.31. The maximum atomic E-state index is 7.43. The van der Waals surface area contributed by atoms with Crippen LogP contribution in [0.1, 0.15) is 69.4 Å². The fourth-order valence-corrected chi connectivity index (χ4v) is 5.20. The van der Waals surface area contributed by atoms with Crippen molar-refractivity contribution in [3.05, 3.63) is 52.2 Å². The molecule has 0 amide bonds. The van der Waals surface area contributed by atoms with E-state index in [1.165, 1.54) is 75.8 Å². The molecule has 1 aromatic rings. The van der Waals surface area contributed by atoms with Crippen LogP contribution >= 0.6 is 0 Å². The van der Waals surface area contributed by atoms with Crippen LogP contribution in [-0.4, -0.2) is 66.8 Å². The van der Waals surface area contributed by atoms with Crippen molar-refractivity contribution in [1.29, 1.82) is 5.41 Å². The zero-order valence-corrected chi connectivity index (χ0v) is 22.5. The number of aromatic amines is 1. The van der Waals surface area contributed by atoms with Gasteiger partial charge in [0, 0.05) is 56.3 Å². The van der Waals surface area contributed by atoms with Crippen LogP contribution in [0.5, 0.6) is 0 Å². The third kappa shape index (κ3) is 6.99. The van der Waals surface area contributed by atoms with E-state index in [-0.39, 0.29) is 12.0 Å². The highest BCUT2D eigenvalue weighted by Gasteiger charge is 2.39. The van der Waals surface area contributed by atoms with E-state index in [9.17, 15) is 0 Å². The molecule has 1 aromatic heterocycles. The van der Waals surface area contributed by atoms with Gasteiger partial charge in [0.2, 0.25) is 0 Å². The topological polar surface area (TPSA) is 62.5 Å². The minimum absolute atomic E-state index is 0.228. The lowest BCUT2D eigenvalue weighted by atomic mass is 9.80. The first kappa shape index (κ1) is 26.4. The normalized spacial score (nSPS) is 24.4. The predicted molar refractivity (Wildman–Crippen MR) is 153 cm³/mol.